The average Bonchev–Trinajstić information content (AvgIpc) is 3.95. The summed E-state index contributed by atoms with van der Waals surface area (Å²) in [6.45, 7) is 8.00. The second kappa shape index (κ2) is 12.8. The van der Waals surface area contributed by atoms with E-state index >= 15 is 0 Å². The molecule has 0 radical (unpaired) electrons. The Labute approximate surface area is 345 Å². The first kappa shape index (κ1) is 33.7. The molecule has 10 aromatic rings. The van der Waals surface area contributed by atoms with Gasteiger partial charge in [0.05, 0.1) is 46.2 Å². The normalized spacial score (nSPS) is 14.4. The van der Waals surface area contributed by atoms with E-state index in [0.717, 1.165) is 100 Å². The summed E-state index contributed by atoms with van der Waals surface area (Å²) in [6, 6.07) is 62.7. The number of pyridine rings is 1. The van der Waals surface area contributed by atoms with E-state index in [4.69, 9.17) is 21.5 Å². The van der Waals surface area contributed by atoms with Crippen molar-refractivity contribution in [2.24, 2.45) is 0 Å². The van der Waals surface area contributed by atoms with E-state index in [1.807, 2.05) is 66.7 Å². The fraction of sp³-hybridized carbons (Fsp3) is 0.0185. The smallest absolute Gasteiger partial charge is 0.187 e. The summed E-state index contributed by atoms with van der Waals surface area (Å²) in [5, 5.41) is 11.1. The third-order valence-electron chi connectivity index (χ3n) is 12.3. The third-order valence-corrected chi connectivity index (χ3v) is 12.3. The Morgan fingerprint density at radius 2 is 1.20 bits per heavy atom. The van der Waals surface area contributed by atoms with E-state index in [2.05, 4.69) is 131 Å². The molecule has 6 heteroatoms. The van der Waals surface area contributed by atoms with Gasteiger partial charge in [0, 0.05) is 33.8 Å². The first-order valence-corrected chi connectivity index (χ1v) is 19.9. The highest BCUT2D eigenvalue weighted by atomic mass is 15.0. The second-order valence-electron chi connectivity index (χ2n) is 15.4. The van der Waals surface area contributed by atoms with Gasteiger partial charge in [-0.2, -0.15) is 5.26 Å². The van der Waals surface area contributed by atoms with E-state index in [0.29, 0.717) is 17.1 Å². The van der Waals surface area contributed by atoms with Crippen molar-refractivity contribution >= 4 is 22.2 Å². The highest BCUT2D eigenvalue weighted by Crippen LogP contribution is 2.63. The summed E-state index contributed by atoms with van der Waals surface area (Å²) >= 11 is 0. The second-order valence-corrected chi connectivity index (χ2v) is 15.4. The number of fused-ring (bicyclic) bond motifs is 12. The zero-order valence-electron chi connectivity index (χ0n) is 32.0. The number of hydrogen-bond acceptors (Lipinski definition) is 4. The number of rotatable bonds is 4. The number of nitriles is 1. The van der Waals surface area contributed by atoms with Gasteiger partial charge in [-0.25, -0.2) is 19.8 Å². The lowest BCUT2D eigenvalue weighted by Gasteiger charge is -2.31. The van der Waals surface area contributed by atoms with Crippen molar-refractivity contribution in [2.45, 2.75) is 5.41 Å². The minimum atomic E-state index is -0.745. The van der Waals surface area contributed by atoms with Crippen molar-refractivity contribution in [3.63, 3.8) is 0 Å². The maximum Gasteiger partial charge on any atom is 0.187 e. The van der Waals surface area contributed by atoms with Crippen LogP contribution in [-0.2, 0) is 5.41 Å². The largest absolute Gasteiger partial charge is 0.299 e. The molecule has 0 aliphatic heterocycles. The maximum absolute atomic E-state index is 10.2. The van der Waals surface area contributed by atoms with Crippen LogP contribution < -0.4 is 0 Å². The van der Waals surface area contributed by atoms with Crippen molar-refractivity contribution in [1.29, 1.82) is 5.26 Å². The van der Waals surface area contributed by atoms with Crippen LogP contribution in [0.1, 0.15) is 27.8 Å². The van der Waals surface area contributed by atoms with E-state index in [-0.39, 0.29) is 0 Å². The minimum absolute atomic E-state index is 0.580. The predicted molar refractivity (Wildman–Crippen MR) is 237 cm³/mol. The summed E-state index contributed by atoms with van der Waals surface area (Å²) in [6.07, 6.45) is 2.06. The molecule has 1 spiro atoms. The van der Waals surface area contributed by atoms with Crippen molar-refractivity contribution in [1.82, 2.24) is 19.4 Å². The molecule has 0 amide bonds. The zero-order valence-corrected chi connectivity index (χ0v) is 32.0. The van der Waals surface area contributed by atoms with Gasteiger partial charge in [-0.1, -0.05) is 133 Å². The number of benzene rings is 7. The van der Waals surface area contributed by atoms with Gasteiger partial charge in [0.25, 0.3) is 0 Å². The Bertz CT molecular complexity index is 3470. The van der Waals surface area contributed by atoms with Crippen molar-refractivity contribution in [2.75, 3.05) is 0 Å². The molecule has 7 aromatic carbocycles. The van der Waals surface area contributed by atoms with E-state index < -0.39 is 5.41 Å². The molecule has 60 heavy (non-hydrogen) atoms. The Balaban J connectivity index is 1.07. The van der Waals surface area contributed by atoms with Crippen LogP contribution in [0.15, 0.2) is 182 Å². The Kier molecular flexibility index (Phi) is 7.17. The van der Waals surface area contributed by atoms with Gasteiger partial charge in [0.1, 0.15) is 5.65 Å². The maximum atomic E-state index is 10.2. The monoisotopic (exact) mass is 762 g/mol. The molecule has 276 valence electrons. The molecule has 2 aliphatic carbocycles. The van der Waals surface area contributed by atoms with E-state index in [1.165, 1.54) is 0 Å². The molecule has 0 bridgehead atoms. The summed E-state index contributed by atoms with van der Waals surface area (Å²) < 4.78 is 2.14. The summed E-state index contributed by atoms with van der Waals surface area (Å²) in [5.41, 5.74) is 17.5. The minimum Gasteiger partial charge on any atom is -0.299 e. The molecule has 0 N–H and O–H groups in total. The number of para-hydroxylation sites is 1. The number of nitrogens with zero attached hydrogens (tertiary/aromatic N) is 6. The van der Waals surface area contributed by atoms with E-state index in [1.54, 1.807) is 0 Å². The molecule has 1 unspecified atom stereocenters. The highest BCUT2D eigenvalue weighted by Gasteiger charge is 2.52. The first-order valence-electron chi connectivity index (χ1n) is 19.9. The fourth-order valence-corrected chi connectivity index (χ4v) is 9.76. The van der Waals surface area contributed by atoms with E-state index in [9.17, 15) is 5.26 Å². The van der Waals surface area contributed by atoms with Crippen molar-refractivity contribution in [3.05, 3.63) is 221 Å². The SMILES string of the molecule is [C-]#[N+]c1ccc2c(c1)C1(c3ccccc3-c3ccc(-c4nc(-c5cccc(-c6nc7ccccn7c6-c6ccccc6)c5)nc5ccccc45)cc31)c1cc(C#N)ccc1-2. The van der Waals surface area contributed by atoms with Crippen LogP contribution in [0.25, 0.3) is 88.8 Å². The Hall–Kier alpha value is -8.45. The zero-order chi connectivity index (χ0) is 40.0. The lowest BCUT2D eigenvalue weighted by molar-refractivity contribution is 0.794. The van der Waals surface area contributed by atoms with Gasteiger partial charge in [0.15, 0.2) is 11.5 Å². The van der Waals surface area contributed by atoms with Crippen LogP contribution in [0, 0.1) is 17.9 Å². The van der Waals surface area contributed by atoms with Crippen LogP contribution in [0.2, 0.25) is 0 Å². The van der Waals surface area contributed by atoms with Gasteiger partial charge in [0.2, 0.25) is 0 Å². The molecule has 2 aliphatic rings. The van der Waals surface area contributed by atoms with Gasteiger partial charge >= 0.3 is 0 Å². The Morgan fingerprint density at radius 1 is 0.517 bits per heavy atom. The predicted octanol–water partition coefficient (Wildman–Crippen LogP) is 12.7. The van der Waals surface area contributed by atoms with Crippen LogP contribution in [-0.4, -0.2) is 19.4 Å². The first-order chi connectivity index (χ1) is 29.6. The molecule has 3 aromatic heterocycles. The summed E-state index contributed by atoms with van der Waals surface area (Å²) in [5.74, 6) is 0.617. The van der Waals surface area contributed by atoms with Crippen molar-refractivity contribution < 1.29 is 0 Å². The molecule has 0 fully saturated rings. The van der Waals surface area contributed by atoms with Crippen LogP contribution in [0.4, 0.5) is 5.69 Å². The summed E-state index contributed by atoms with van der Waals surface area (Å²) in [4.78, 5) is 19.6. The quantitative estimate of drug-likeness (QED) is 0.167. The molecule has 12 rings (SSSR count). The number of hydrogen-bond donors (Lipinski definition) is 0. The molecular formula is C54H30N6. The molecule has 1 atom stereocenters. The standard InChI is InChI=1S/C54H30N6/c1-56-38-23-26-42-40-24-21-33(32-55)28-45(40)54(47(42)31-38)44-18-7-5-16-39(44)41-25-22-36(30-46(41)54)50-43-17-6-8-19-48(43)57-53(59-50)37-15-11-14-35(29-37)51-52(34-12-3-2-4-13-34)60-27-10-9-20-49(60)58-51/h2-31H. The van der Waals surface area contributed by atoms with Gasteiger partial charge in [-0.15, -0.1) is 0 Å². The lowest BCUT2D eigenvalue weighted by atomic mass is 9.70. The van der Waals surface area contributed by atoms with Crippen LogP contribution >= 0.6 is 0 Å². The number of imidazole rings is 1. The van der Waals surface area contributed by atoms with Gasteiger partial charge in [-0.3, -0.25) is 4.40 Å². The molecule has 0 saturated carbocycles. The highest BCUT2D eigenvalue weighted by molar-refractivity contribution is 5.99. The van der Waals surface area contributed by atoms with Crippen molar-refractivity contribution in [3.8, 4) is 73.5 Å². The molecule has 3 heterocycles. The lowest BCUT2D eigenvalue weighted by Crippen LogP contribution is -2.26. The third kappa shape index (κ3) is 4.71. The number of aromatic nitrogens is 4. The topological polar surface area (TPSA) is 71.2 Å². The molecule has 0 saturated heterocycles. The Morgan fingerprint density at radius 3 is 2.07 bits per heavy atom. The van der Waals surface area contributed by atoms with Crippen LogP contribution in [0.5, 0.6) is 0 Å². The van der Waals surface area contributed by atoms with Gasteiger partial charge in [-0.05, 0) is 87.0 Å². The van der Waals surface area contributed by atoms with Gasteiger partial charge < -0.3 is 0 Å². The molecule has 6 nitrogen and oxygen atoms in total. The molecular weight excluding hydrogens is 733 g/mol. The van der Waals surface area contributed by atoms with Crippen LogP contribution in [0.3, 0.4) is 0 Å². The average molecular weight is 763 g/mol. The summed E-state index contributed by atoms with van der Waals surface area (Å²) in [7, 11) is 0. The fourth-order valence-electron chi connectivity index (χ4n) is 9.76.